The maximum atomic E-state index is 11.7. The molecule has 0 radical (unpaired) electrons. The molecule has 0 unspecified atom stereocenters. The van der Waals surface area contributed by atoms with Crippen molar-refractivity contribution in [3.63, 3.8) is 0 Å². The third-order valence-electron chi connectivity index (χ3n) is 3.76. The van der Waals surface area contributed by atoms with Crippen molar-refractivity contribution in [2.75, 3.05) is 13.7 Å². The fourth-order valence-corrected chi connectivity index (χ4v) is 2.30. The Bertz CT molecular complexity index is 622. The molecule has 6 nitrogen and oxygen atoms in total. The highest BCUT2D eigenvalue weighted by Gasteiger charge is 2.41. The lowest BCUT2D eigenvalue weighted by atomic mass is 10.1. The third kappa shape index (κ3) is 5.46. The van der Waals surface area contributed by atoms with Gasteiger partial charge in [0, 0.05) is 6.42 Å². The molecule has 0 amide bonds. The van der Waals surface area contributed by atoms with Crippen molar-refractivity contribution in [2.24, 2.45) is 11.8 Å². The summed E-state index contributed by atoms with van der Waals surface area (Å²) in [5, 5.41) is 0. The van der Waals surface area contributed by atoms with Crippen LogP contribution in [0.4, 0.5) is 0 Å². The minimum atomic E-state index is -0.316. The Morgan fingerprint density at radius 1 is 1.16 bits per heavy atom. The van der Waals surface area contributed by atoms with E-state index in [4.69, 9.17) is 18.9 Å². The number of methoxy groups -OCH3 is 1. The van der Waals surface area contributed by atoms with Crippen LogP contribution in [0.2, 0.25) is 0 Å². The molecule has 0 N–H and O–H groups in total. The van der Waals surface area contributed by atoms with Gasteiger partial charge in [-0.15, -0.1) is 0 Å². The van der Waals surface area contributed by atoms with Gasteiger partial charge in [-0.05, 0) is 23.6 Å². The van der Waals surface area contributed by atoms with Crippen molar-refractivity contribution in [2.45, 2.75) is 46.3 Å². The zero-order chi connectivity index (χ0) is 18.6. The molecule has 1 aliphatic rings. The molecule has 0 bridgehead atoms. The van der Waals surface area contributed by atoms with Crippen molar-refractivity contribution >= 4 is 11.9 Å². The largest absolute Gasteiger partial charge is 0.493 e. The van der Waals surface area contributed by atoms with E-state index >= 15 is 0 Å². The zero-order valence-electron chi connectivity index (χ0n) is 15.4. The van der Waals surface area contributed by atoms with Crippen LogP contribution in [0.25, 0.3) is 0 Å². The number of carbonyl (C=O) groups is 2. The van der Waals surface area contributed by atoms with Crippen LogP contribution in [0, 0.1) is 11.8 Å². The van der Waals surface area contributed by atoms with Gasteiger partial charge in [-0.25, -0.2) is 0 Å². The lowest BCUT2D eigenvalue weighted by Crippen LogP contribution is -2.15. The quantitative estimate of drug-likeness (QED) is 0.407. The molecule has 1 saturated heterocycles. The summed E-state index contributed by atoms with van der Waals surface area (Å²) in [6, 6.07) is 5.30. The summed E-state index contributed by atoms with van der Waals surface area (Å²) in [6.07, 6.45) is 0.113. The van der Waals surface area contributed by atoms with E-state index < -0.39 is 0 Å². The van der Waals surface area contributed by atoms with Crippen LogP contribution in [-0.4, -0.2) is 31.8 Å². The number of carbonyl (C=O) groups excluding carboxylic acids is 2. The van der Waals surface area contributed by atoms with Crippen LogP contribution in [0.5, 0.6) is 11.5 Å². The lowest BCUT2D eigenvalue weighted by Gasteiger charge is -2.11. The molecule has 1 aromatic rings. The van der Waals surface area contributed by atoms with E-state index in [1.54, 1.807) is 26.0 Å². The van der Waals surface area contributed by atoms with E-state index in [1.165, 1.54) is 7.11 Å². The van der Waals surface area contributed by atoms with Crippen molar-refractivity contribution < 1.29 is 28.5 Å². The maximum absolute atomic E-state index is 11.7. The summed E-state index contributed by atoms with van der Waals surface area (Å²) in [6.45, 7) is 7.72. The molecule has 0 saturated carbocycles. The van der Waals surface area contributed by atoms with Gasteiger partial charge in [0.05, 0.1) is 13.0 Å². The van der Waals surface area contributed by atoms with Gasteiger partial charge in [0.2, 0.25) is 0 Å². The SMILES string of the molecule is COc1cc([C@H]2O[C@H]2COC(=O)CC(C)C)ccc1OC(=O)C(C)C. The first-order valence-electron chi connectivity index (χ1n) is 8.52. The van der Waals surface area contributed by atoms with Crippen LogP contribution in [0.1, 0.15) is 45.8 Å². The Labute approximate surface area is 148 Å². The molecular weight excluding hydrogens is 324 g/mol. The molecule has 6 heteroatoms. The minimum absolute atomic E-state index is 0.143. The topological polar surface area (TPSA) is 74.4 Å². The Morgan fingerprint density at radius 3 is 2.48 bits per heavy atom. The molecule has 2 rings (SSSR count). The van der Waals surface area contributed by atoms with Gasteiger partial charge in [0.25, 0.3) is 0 Å². The van der Waals surface area contributed by atoms with Gasteiger partial charge in [-0.3, -0.25) is 9.59 Å². The number of esters is 2. The number of hydrogen-bond donors (Lipinski definition) is 0. The summed E-state index contributed by atoms with van der Waals surface area (Å²) in [7, 11) is 1.52. The molecular formula is C19H26O6. The summed E-state index contributed by atoms with van der Waals surface area (Å²) in [5.74, 6) is 0.374. The van der Waals surface area contributed by atoms with Crippen molar-refractivity contribution in [1.29, 1.82) is 0 Å². The highest BCUT2D eigenvalue weighted by molar-refractivity contribution is 5.75. The van der Waals surface area contributed by atoms with Crippen molar-refractivity contribution in [3.05, 3.63) is 23.8 Å². The maximum Gasteiger partial charge on any atom is 0.313 e. The Balaban J connectivity index is 1.93. The van der Waals surface area contributed by atoms with Gasteiger partial charge in [0.1, 0.15) is 18.8 Å². The predicted molar refractivity (Wildman–Crippen MR) is 91.5 cm³/mol. The molecule has 1 fully saturated rings. The fourth-order valence-electron chi connectivity index (χ4n) is 2.30. The van der Waals surface area contributed by atoms with Crippen molar-refractivity contribution in [3.8, 4) is 11.5 Å². The highest BCUT2D eigenvalue weighted by Crippen LogP contribution is 2.42. The van der Waals surface area contributed by atoms with Gasteiger partial charge >= 0.3 is 11.9 Å². The molecule has 1 aliphatic heterocycles. The fraction of sp³-hybridized carbons (Fsp3) is 0.579. The molecule has 2 atom stereocenters. The monoisotopic (exact) mass is 350 g/mol. The number of ether oxygens (including phenoxy) is 4. The van der Waals surface area contributed by atoms with Crippen LogP contribution in [0.3, 0.4) is 0 Å². The van der Waals surface area contributed by atoms with Gasteiger partial charge < -0.3 is 18.9 Å². The van der Waals surface area contributed by atoms with Gasteiger partial charge in [-0.1, -0.05) is 33.8 Å². The number of rotatable bonds is 8. The van der Waals surface area contributed by atoms with Crippen LogP contribution in [-0.2, 0) is 19.1 Å². The first-order chi connectivity index (χ1) is 11.8. The Kier molecular flexibility index (Phi) is 6.42. The van der Waals surface area contributed by atoms with Crippen LogP contribution >= 0.6 is 0 Å². The average Bonchev–Trinajstić information content (AvgIpc) is 3.32. The lowest BCUT2D eigenvalue weighted by molar-refractivity contribution is -0.145. The standard InChI is InChI=1S/C19H26O6/c1-11(2)8-17(20)23-10-16-18(24-16)13-6-7-14(15(9-13)22-5)25-19(21)12(3)4/h6-7,9,11-12,16,18H,8,10H2,1-5H3/t16-,18+/m0/s1. The molecule has 1 heterocycles. The molecule has 25 heavy (non-hydrogen) atoms. The summed E-state index contributed by atoms with van der Waals surface area (Å²) < 4.78 is 21.4. The van der Waals surface area contributed by atoms with Gasteiger partial charge in [-0.2, -0.15) is 0 Å². The van der Waals surface area contributed by atoms with Crippen molar-refractivity contribution in [1.82, 2.24) is 0 Å². The second-order valence-corrected chi connectivity index (χ2v) is 6.86. The van der Waals surface area contributed by atoms with E-state index in [0.29, 0.717) is 17.9 Å². The van der Waals surface area contributed by atoms with E-state index in [1.807, 2.05) is 19.9 Å². The molecule has 0 aromatic heterocycles. The summed E-state index contributed by atoms with van der Waals surface area (Å²) in [5.41, 5.74) is 0.895. The Morgan fingerprint density at radius 2 is 1.88 bits per heavy atom. The van der Waals surface area contributed by atoms with E-state index in [2.05, 4.69) is 0 Å². The Hall–Kier alpha value is -2.08. The second kappa shape index (κ2) is 8.34. The first kappa shape index (κ1) is 19.2. The predicted octanol–water partition coefficient (Wildman–Crippen LogP) is 3.29. The molecule has 0 aliphatic carbocycles. The molecule has 0 spiro atoms. The zero-order valence-corrected chi connectivity index (χ0v) is 15.4. The third-order valence-corrected chi connectivity index (χ3v) is 3.76. The minimum Gasteiger partial charge on any atom is -0.493 e. The van der Waals surface area contributed by atoms with Crippen LogP contribution in [0.15, 0.2) is 18.2 Å². The second-order valence-electron chi connectivity index (χ2n) is 6.86. The first-order valence-corrected chi connectivity index (χ1v) is 8.52. The molecule has 1 aromatic carbocycles. The van der Waals surface area contributed by atoms with Crippen LogP contribution < -0.4 is 9.47 Å². The number of epoxide rings is 1. The summed E-state index contributed by atoms with van der Waals surface area (Å²) in [4.78, 5) is 23.3. The smallest absolute Gasteiger partial charge is 0.313 e. The highest BCUT2D eigenvalue weighted by atomic mass is 16.6. The molecule has 138 valence electrons. The number of benzene rings is 1. The van der Waals surface area contributed by atoms with Gasteiger partial charge in [0.15, 0.2) is 11.5 Å². The van der Waals surface area contributed by atoms with E-state index in [9.17, 15) is 9.59 Å². The average molecular weight is 350 g/mol. The number of hydrogen-bond acceptors (Lipinski definition) is 6. The van der Waals surface area contributed by atoms with E-state index in [-0.39, 0.29) is 42.6 Å². The normalized spacial score (nSPS) is 19.0. The van der Waals surface area contributed by atoms with E-state index in [0.717, 1.165) is 5.56 Å². The summed E-state index contributed by atoms with van der Waals surface area (Å²) >= 11 is 0.